The maximum atomic E-state index is 3.88. The summed E-state index contributed by atoms with van der Waals surface area (Å²) in [6, 6.07) is 0. The fraction of sp³-hybridized carbons (Fsp3) is 0.833. The van der Waals surface area contributed by atoms with Crippen LogP contribution in [0.3, 0.4) is 0 Å². The minimum atomic E-state index is 0.509. The Bertz CT molecular complexity index is 199. The molecule has 13 heavy (non-hydrogen) atoms. The van der Waals surface area contributed by atoms with E-state index in [0.29, 0.717) is 10.8 Å². The van der Waals surface area contributed by atoms with Gasteiger partial charge >= 0.3 is 0 Å². The van der Waals surface area contributed by atoms with Crippen LogP contribution in [0.5, 0.6) is 0 Å². The van der Waals surface area contributed by atoms with Crippen molar-refractivity contribution in [2.75, 3.05) is 13.1 Å². The van der Waals surface area contributed by atoms with Gasteiger partial charge < -0.3 is 5.32 Å². The fourth-order valence-corrected chi connectivity index (χ4v) is 2.27. The molecule has 1 nitrogen and oxygen atoms in total. The number of rotatable bonds is 4. The van der Waals surface area contributed by atoms with Crippen LogP contribution in [0.4, 0.5) is 0 Å². The SMILES string of the molecule is C=C(C)CNCC1C(C)(C)C1(C)C. The molecule has 1 fully saturated rings. The zero-order valence-corrected chi connectivity index (χ0v) is 9.70. The van der Waals surface area contributed by atoms with E-state index in [1.54, 1.807) is 0 Å². The number of hydrogen-bond donors (Lipinski definition) is 1. The average molecular weight is 181 g/mol. The molecular weight excluding hydrogens is 158 g/mol. The van der Waals surface area contributed by atoms with Crippen molar-refractivity contribution < 1.29 is 0 Å². The predicted octanol–water partition coefficient (Wildman–Crippen LogP) is 2.83. The third-order valence-corrected chi connectivity index (χ3v) is 4.09. The Labute approximate surface area is 82.6 Å². The second kappa shape index (κ2) is 3.13. The van der Waals surface area contributed by atoms with Gasteiger partial charge in [0.15, 0.2) is 0 Å². The molecule has 0 amide bonds. The van der Waals surface area contributed by atoms with Crippen LogP contribution < -0.4 is 5.32 Å². The minimum absolute atomic E-state index is 0.509. The summed E-state index contributed by atoms with van der Waals surface area (Å²) >= 11 is 0. The smallest absolute Gasteiger partial charge is 0.0159 e. The summed E-state index contributed by atoms with van der Waals surface area (Å²) in [6.07, 6.45) is 0. The van der Waals surface area contributed by atoms with Crippen molar-refractivity contribution in [1.29, 1.82) is 0 Å². The van der Waals surface area contributed by atoms with Crippen molar-refractivity contribution in [3.05, 3.63) is 12.2 Å². The second-order valence-electron chi connectivity index (χ2n) is 5.58. The van der Waals surface area contributed by atoms with Crippen molar-refractivity contribution in [3.63, 3.8) is 0 Å². The minimum Gasteiger partial charge on any atom is -0.313 e. The highest BCUT2D eigenvalue weighted by atomic mass is 14.9. The zero-order valence-electron chi connectivity index (χ0n) is 9.70. The van der Waals surface area contributed by atoms with Crippen LogP contribution in [-0.4, -0.2) is 13.1 Å². The monoisotopic (exact) mass is 181 g/mol. The summed E-state index contributed by atoms with van der Waals surface area (Å²) in [4.78, 5) is 0. The fourth-order valence-electron chi connectivity index (χ4n) is 2.27. The van der Waals surface area contributed by atoms with Gasteiger partial charge in [-0.05, 0) is 30.2 Å². The summed E-state index contributed by atoms with van der Waals surface area (Å²) in [6.45, 7) is 17.5. The highest BCUT2D eigenvalue weighted by Crippen LogP contribution is 2.67. The van der Waals surface area contributed by atoms with E-state index in [1.165, 1.54) is 5.57 Å². The van der Waals surface area contributed by atoms with Gasteiger partial charge in [-0.3, -0.25) is 0 Å². The molecule has 0 saturated heterocycles. The molecule has 0 aromatic carbocycles. The summed E-state index contributed by atoms with van der Waals surface area (Å²) in [5.41, 5.74) is 2.24. The lowest BCUT2D eigenvalue weighted by molar-refractivity contribution is 0.457. The van der Waals surface area contributed by atoms with Crippen molar-refractivity contribution in [1.82, 2.24) is 5.32 Å². The molecule has 1 N–H and O–H groups in total. The average Bonchev–Trinajstić information content (AvgIpc) is 2.30. The molecule has 0 heterocycles. The first kappa shape index (κ1) is 10.8. The van der Waals surface area contributed by atoms with Gasteiger partial charge in [-0.2, -0.15) is 0 Å². The topological polar surface area (TPSA) is 12.0 Å². The van der Waals surface area contributed by atoms with E-state index in [9.17, 15) is 0 Å². The van der Waals surface area contributed by atoms with Gasteiger partial charge in [-0.1, -0.05) is 39.8 Å². The van der Waals surface area contributed by atoms with Gasteiger partial charge in [0.1, 0.15) is 0 Å². The molecule has 1 rings (SSSR count). The first-order valence-corrected chi connectivity index (χ1v) is 5.15. The maximum absolute atomic E-state index is 3.88. The van der Waals surface area contributed by atoms with Crippen molar-refractivity contribution in [2.24, 2.45) is 16.7 Å². The molecular formula is C12H23N. The lowest BCUT2D eigenvalue weighted by atomic mass is 10.0. The third-order valence-electron chi connectivity index (χ3n) is 4.09. The highest BCUT2D eigenvalue weighted by molar-refractivity contribution is 5.13. The Hall–Kier alpha value is -0.300. The van der Waals surface area contributed by atoms with Gasteiger partial charge in [0, 0.05) is 6.54 Å². The maximum Gasteiger partial charge on any atom is 0.0159 e. The van der Waals surface area contributed by atoms with Gasteiger partial charge in [0.05, 0.1) is 0 Å². The molecule has 1 aliphatic carbocycles. The molecule has 76 valence electrons. The molecule has 0 unspecified atom stereocenters. The van der Waals surface area contributed by atoms with Crippen molar-refractivity contribution in [2.45, 2.75) is 34.6 Å². The van der Waals surface area contributed by atoms with Crippen LogP contribution in [0.15, 0.2) is 12.2 Å². The van der Waals surface area contributed by atoms with Crippen LogP contribution in [0.1, 0.15) is 34.6 Å². The summed E-state index contributed by atoms with van der Waals surface area (Å²) < 4.78 is 0. The van der Waals surface area contributed by atoms with Crippen LogP contribution in [-0.2, 0) is 0 Å². The second-order valence-corrected chi connectivity index (χ2v) is 5.58. The summed E-state index contributed by atoms with van der Waals surface area (Å²) in [7, 11) is 0. The Morgan fingerprint density at radius 1 is 1.23 bits per heavy atom. The first-order chi connectivity index (χ1) is 5.80. The lowest BCUT2D eigenvalue weighted by Gasteiger charge is -2.04. The van der Waals surface area contributed by atoms with E-state index in [0.717, 1.165) is 19.0 Å². The quantitative estimate of drug-likeness (QED) is 0.658. The summed E-state index contributed by atoms with van der Waals surface area (Å²) in [5, 5.41) is 3.46. The molecule has 0 aliphatic heterocycles. The molecule has 1 aliphatic rings. The predicted molar refractivity (Wildman–Crippen MR) is 58.7 cm³/mol. The van der Waals surface area contributed by atoms with Crippen LogP contribution in [0.25, 0.3) is 0 Å². The Balaban J connectivity index is 2.30. The van der Waals surface area contributed by atoms with E-state index in [4.69, 9.17) is 0 Å². The van der Waals surface area contributed by atoms with Gasteiger partial charge in [-0.15, -0.1) is 0 Å². The Kier molecular flexibility index (Phi) is 2.59. The standard InChI is InChI=1S/C12H23N/c1-9(2)7-13-8-10-11(3,4)12(10,5)6/h10,13H,1,7-8H2,2-6H3. The lowest BCUT2D eigenvalue weighted by Crippen LogP contribution is -2.20. The number of hydrogen-bond acceptors (Lipinski definition) is 1. The molecule has 0 spiro atoms. The number of nitrogens with one attached hydrogen (secondary N) is 1. The van der Waals surface area contributed by atoms with E-state index in [-0.39, 0.29) is 0 Å². The van der Waals surface area contributed by atoms with Crippen molar-refractivity contribution in [3.8, 4) is 0 Å². The molecule has 0 aromatic rings. The van der Waals surface area contributed by atoms with Crippen LogP contribution >= 0.6 is 0 Å². The third kappa shape index (κ3) is 1.80. The summed E-state index contributed by atoms with van der Waals surface area (Å²) in [5.74, 6) is 0.819. The van der Waals surface area contributed by atoms with E-state index in [1.807, 2.05) is 0 Å². The molecule has 1 heteroatoms. The zero-order chi connectivity index (χ0) is 10.3. The molecule has 0 aromatic heterocycles. The Morgan fingerprint density at radius 2 is 1.69 bits per heavy atom. The normalized spacial score (nSPS) is 24.4. The largest absolute Gasteiger partial charge is 0.313 e. The molecule has 0 radical (unpaired) electrons. The van der Waals surface area contributed by atoms with Gasteiger partial charge in [-0.25, -0.2) is 0 Å². The van der Waals surface area contributed by atoms with E-state index < -0.39 is 0 Å². The molecule has 0 atom stereocenters. The Morgan fingerprint density at radius 3 is 2.00 bits per heavy atom. The van der Waals surface area contributed by atoms with Crippen LogP contribution in [0, 0.1) is 16.7 Å². The van der Waals surface area contributed by atoms with Gasteiger partial charge in [0.25, 0.3) is 0 Å². The first-order valence-electron chi connectivity index (χ1n) is 5.15. The van der Waals surface area contributed by atoms with Crippen LogP contribution in [0.2, 0.25) is 0 Å². The van der Waals surface area contributed by atoms with Gasteiger partial charge in [0.2, 0.25) is 0 Å². The van der Waals surface area contributed by atoms with E-state index >= 15 is 0 Å². The van der Waals surface area contributed by atoms with E-state index in [2.05, 4.69) is 46.5 Å². The molecule has 0 bridgehead atoms. The highest BCUT2D eigenvalue weighted by Gasteiger charge is 2.63. The van der Waals surface area contributed by atoms with Crippen molar-refractivity contribution >= 4 is 0 Å². The molecule has 1 saturated carbocycles.